The molecule has 0 spiro atoms. The van der Waals surface area contributed by atoms with Gasteiger partial charge in [-0.2, -0.15) is 17.4 Å². The summed E-state index contributed by atoms with van der Waals surface area (Å²) in [5, 5.41) is 9.10. The van der Waals surface area contributed by atoms with E-state index in [2.05, 4.69) is 4.72 Å². The molecule has 6 heteroatoms. The highest BCUT2D eigenvalue weighted by atomic mass is 32.2. The van der Waals surface area contributed by atoms with Crippen molar-refractivity contribution in [3.63, 3.8) is 0 Å². The summed E-state index contributed by atoms with van der Waals surface area (Å²) in [5.74, 6) is 0. The lowest BCUT2D eigenvalue weighted by Gasteiger charge is -2.30. The van der Waals surface area contributed by atoms with Crippen LogP contribution in [0.25, 0.3) is 0 Å². The molecule has 0 bridgehead atoms. The Kier molecular flexibility index (Phi) is 5.75. The van der Waals surface area contributed by atoms with Crippen molar-refractivity contribution in [3.8, 4) is 0 Å². The van der Waals surface area contributed by atoms with Crippen LogP contribution in [0.4, 0.5) is 0 Å². The molecule has 0 amide bonds. The van der Waals surface area contributed by atoms with Crippen LogP contribution in [0.1, 0.15) is 43.2 Å². The predicted molar refractivity (Wildman–Crippen MR) is 82.8 cm³/mol. The maximum Gasteiger partial charge on any atom is 0.279 e. The van der Waals surface area contributed by atoms with E-state index in [4.69, 9.17) is 5.11 Å². The molecular weight excluding hydrogens is 288 g/mol. The van der Waals surface area contributed by atoms with E-state index in [1.165, 1.54) is 10.7 Å². The third-order valence-corrected chi connectivity index (χ3v) is 5.67. The third kappa shape index (κ3) is 4.51. The average molecular weight is 312 g/mol. The summed E-state index contributed by atoms with van der Waals surface area (Å²) in [6.45, 7) is 0.204. The first-order chi connectivity index (χ1) is 10.0. The van der Waals surface area contributed by atoms with Crippen molar-refractivity contribution >= 4 is 10.2 Å². The summed E-state index contributed by atoms with van der Waals surface area (Å²) in [7, 11) is -1.80. The standard InChI is InChI=1S/C15H24N2O3S/c1-17(15-8-3-2-4-9-15)21(19,20)16-11-13-6-5-7-14(10-13)12-18/h5-7,10,15-16,18H,2-4,8-9,11-12H2,1H3. The van der Waals surface area contributed by atoms with Crippen molar-refractivity contribution in [2.45, 2.75) is 51.3 Å². The SMILES string of the molecule is CN(C1CCCCC1)S(=O)(=O)NCc1cccc(CO)c1. The fraction of sp³-hybridized carbons (Fsp3) is 0.600. The lowest BCUT2D eigenvalue weighted by atomic mass is 9.96. The van der Waals surface area contributed by atoms with Gasteiger partial charge in [0.1, 0.15) is 0 Å². The van der Waals surface area contributed by atoms with Gasteiger partial charge < -0.3 is 5.11 Å². The van der Waals surface area contributed by atoms with Gasteiger partial charge >= 0.3 is 0 Å². The van der Waals surface area contributed by atoms with Gasteiger partial charge in [-0.3, -0.25) is 0 Å². The summed E-state index contributed by atoms with van der Waals surface area (Å²) in [4.78, 5) is 0. The molecule has 1 aliphatic carbocycles. The van der Waals surface area contributed by atoms with Crippen LogP contribution in [0.3, 0.4) is 0 Å². The van der Waals surface area contributed by atoms with E-state index in [0.717, 1.165) is 36.8 Å². The maximum absolute atomic E-state index is 12.3. The van der Waals surface area contributed by atoms with Crippen molar-refractivity contribution in [2.24, 2.45) is 0 Å². The molecule has 1 aromatic carbocycles. The van der Waals surface area contributed by atoms with Gasteiger partial charge in [-0.05, 0) is 24.0 Å². The smallest absolute Gasteiger partial charge is 0.279 e. The number of nitrogens with zero attached hydrogens (tertiary/aromatic N) is 1. The maximum atomic E-state index is 12.3. The number of rotatable bonds is 6. The van der Waals surface area contributed by atoms with E-state index in [9.17, 15) is 8.42 Å². The Balaban J connectivity index is 1.96. The normalized spacial score (nSPS) is 17.3. The molecule has 2 rings (SSSR count). The van der Waals surface area contributed by atoms with Crippen molar-refractivity contribution in [1.29, 1.82) is 0 Å². The summed E-state index contributed by atoms with van der Waals surface area (Å²) in [5.41, 5.74) is 1.63. The first-order valence-electron chi connectivity index (χ1n) is 7.44. The highest BCUT2D eigenvalue weighted by Gasteiger charge is 2.27. The lowest BCUT2D eigenvalue weighted by molar-refractivity contribution is 0.281. The van der Waals surface area contributed by atoms with Gasteiger partial charge in [0.15, 0.2) is 0 Å². The molecule has 1 saturated carbocycles. The Hall–Kier alpha value is -0.950. The fourth-order valence-electron chi connectivity index (χ4n) is 2.76. The largest absolute Gasteiger partial charge is 0.392 e. The number of aliphatic hydroxyl groups excluding tert-OH is 1. The van der Waals surface area contributed by atoms with E-state index in [0.29, 0.717) is 0 Å². The molecular formula is C15H24N2O3S. The zero-order valence-corrected chi connectivity index (χ0v) is 13.3. The number of hydrogen-bond acceptors (Lipinski definition) is 3. The molecule has 1 aliphatic rings. The van der Waals surface area contributed by atoms with Gasteiger partial charge in [0.2, 0.25) is 0 Å². The van der Waals surface area contributed by atoms with Gasteiger partial charge in [-0.25, -0.2) is 0 Å². The minimum Gasteiger partial charge on any atom is -0.392 e. The second-order valence-corrected chi connectivity index (χ2v) is 7.43. The Bertz CT molecular complexity index is 554. The van der Waals surface area contributed by atoms with Gasteiger partial charge in [0.05, 0.1) is 6.61 Å². The Morgan fingerprint density at radius 3 is 2.57 bits per heavy atom. The second-order valence-electron chi connectivity index (χ2n) is 5.61. The van der Waals surface area contributed by atoms with E-state index < -0.39 is 10.2 Å². The van der Waals surface area contributed by atoms with E-state index in [1.54, 1.807) is 7.05 Å². The topological polar surface area (TPSA) is 69.6 Å². The molecule has 21 heavy (non-hydrogen) atoms. The molecule has 1 aromatic rings. The summed E-state index contributed by atoms with van der Waals surface area (Å²) >= 11 is 0. The molecule has 0 saturated heterocycles. The van der Waals surface area contributed by atoms with Crippen LogP contribution < -0.4 is 4.72 Å². The molecule has 118 valence electrons. The number of hydrogen-bond donors (Lipinski definition) is 2. The average Bonchev–Trinajstić information content (AvgIpc) is 2.53. The summed E-state index contributed by atoms with van der Waals surface area (Å²) in [6, 6.07) is 7.40. The molecule has 0 aromatic heterocycles. The van der Waals surface area contributed by atoms with Crippen LogP contribution in [0.2, 0.25) is 0 Å². The molecule has 0 heterocycles. The van der Waals surface area contributed by atoms with Crippen molar-refractivity contribution in [3.05, 3.63) is 35.4 Å². The summed E-state index contributed by atoms with van der Waals surface area (Å²) in [6.07, 6.45) is 5.28. The van der Waals surface area contributed by atoms with Gasteiger partial charge in [0.25, 0.3) is 10.2 Å². The van der Waals surface area contributed by atoms with E-state index in [-0.39, 0.29) is 19.2 Å². The Morgan fingerprint density at radius 2 is 1.90 bits per heavy atom. The van der Waals surface area contributed by atoms with Crippen LogP contribution >= 0.6 is 0 Å². The molecule has 0 aliphatic heterocycles. The van der Waals surface area contributed by atoms with Crippen LogP contribution in [0.15, 0.2) is 24.3 Å². The fourth-order valence-corrected chi connectivity index (χ4v) is 3.91. The minimum absolute atomic E-state index is 0.0391. The van der Waals surface area contributed by atoms with Crippen LogP contribution in [0, 0.1) is 0 Å². The van der Waals surface area contributed by atoms with Crippen LogP contribution in [-0.2, 0) is 23.4 Å². The van der Waals surface area contributed by atoms with Gasteiger partial charge in [0, 0.05) is 19.6 Å². The second kappa shape index (κ2) is 7.35. The molecule has 0 atom stereocenters. The van der Waals surface area contributed by atoms with E-state index >= 15 is 0 Å². The Morgan fingerprint density at radius 1 is 1.24 bits per heavy atom. The zero-order valence-electron chi connectivity index (χ0n) is 12.5. The van der Waals surface area contributed by atoms with Crippen LogP contribution in [-0.4, -0.2) is 30.9 Å². The molecule has 1 fully saturated rings. The molecule has 5 nitrogen and oxygen atoms in total. The zero-order chi connectivity index (χ0) is 15.3. The van der Waals surface area contributed by atoms with Crippen molar-refractivity contribution in [2.75, 3.05) is 7.05 Å². The van der Waals surface area contributed by atoms with Crippen LogP contribution in [0.5, 0.6) is 0 Å². The first kappa shape index (κ1) is 16.4. The third-order valence-electron chi connectivity index (χ3n) is 4.10. The van der Waals surface area contributed by atoms with Crippen molar-refractivity contribution in [1.82, 2.24) is 9.03 Å². The number of benzene rings is 1. The monoisotopic (exact) mass is 312 g/mol. The highest BCUT2D eigenvalue weighted by Crippen LogP contribution is 2.23. The molecule has 0 unspecified atom stereocenters. The van der Waals surface area contributed by atoms with E-state index in [1.807, 2.05) is 24.3 Å². The minimum atomic E-state index is -3.46. The van der Waals surface area contributed by atoms with Gasteiger partial charge in [-0.1, -0.05) is 43.5 Å². The quantitative estimate of drug-likeness (QED) is 0.841. The van der Waals surface area contributed by atoms with Gasteiger partial charge in [-0.15, -0.1) is 0 Å². The summed E-state index contributed by atoms with van der Waals surface area (Å²) < 4.78 is 28.8. The Labute approximate surface area is 127 Å². The lowest BCUT2D eigenvalue weighted by Crippen LogP contribution is -2.44. The molecule has 2 N–H and O–H groups in total. The predicted octanol–water partition coefficient (Wildman–Crippen LogP) is 1.78. The van der Waals surface area contributed by atoms with Crippen molar-refractivity contribution < 1.29 is 13.5 Å². The first-order valence-corrected chi connectivity index (χ1v) is 8.88. The highest BCUT2D eigenvalue weighted by molar-refractivity contribution is 7.87. The number of aliphatic hydroxyl groups is 1. The number of nitrogens with one attached hydrogen (secondary N) is 1. The molecule has 0 radical (unpaired) electrons.